The van der Waals surface area contributed by atoms with Crippen LogP contribution in [0.5, 0.6) is 11.5 Å². The summed E-state index contributed by atoms with van der Waals surface area (Å²) in [6.07, 6.45) is 1.16. The Bertz CT molecular complexity index is 1140. The number of ether oxygens (including phenoxy) is 3. The predicted molar refractivity (Wildman–Crippen MR) is 159 cm³/mol. The molecule has 1 saturated carbocycles. The van der Waals surface area contributed by atoms with Crippen molar-refractivity contribution in [3.8, 4) is 11.5 Å². The molecular formula is C33H44O5Si. The van der Waals surface area contributed by atoms with Crippen molar-refractivity contribution in [1.82, 2.24) is 0 Å². The van der Waals surface area contributed by atoms with Crippen LogP contribution in [0, 0.1) is 0 Å². The topological polar surface area (TPSA) is 57.2 Å². The van der Waals surface area contributed by atoms with Crippen LogP contribution < -0.4 is 9.47 Å². The highest BCUT2D eigenvalue weighted by Gasteiger charge is 2.45. The third kappa shape index (κ3) is 6.41. The first kappa shape index (κ1) is 29.3. The Balaban J connectivity index is 1.80. The van der Waals surface area contributed by atoms with Crippen molar-refractivity contribution in [3.63, 3.8) is 0 Å². The first-order valence-electron chi connectivity index (χ1n) is 13.9. The highest BCUT2D eigenvalue weighted by atomic mass is 28.4. The van der Waals surface area contributed by atoms with Gasteiger partial charge in [-0.15, -0.1) is 0 Å². The molecule has 0 saturated heterocycles. The minimum Gasteiger partial charge on any atom is -0.497 e. The molecule has 1 aliphatic carbocycles. The Labute approximate surface area is 235 Å². The number of aliphatic hydroxyl groups excluding tert-OH is 1. The molecular weight excluding hydrogens is 504 g/mol. The summed E-state index contributed by atoms with van der Waals surface area (Å²) in [5.41, 5.74) is 2.08. The van der Waals surface area contributed by atoms with Gasteiger partial charge in [0.05, 0.1) is 26.4 Å². The van der Waals surface area contributed by atoms with E-state index in [4.69, 9.17) is 18.6 Å². The van der Waals surface area contributed by atoms with E-state index in [1.807, 2.05) is 42.5 Å². The number of hydrogen-bond acceptors (Lipinski definition) is 5. The molecule has 0 radical (unpaired) electrons. The number of hydrogen-bond donors (Lipinski definition) is 1. The van der Waals surface area contributed by atoms with E-state index >= 15 is 0 Å². The smallest absolute Gasteiger partial charge is 0.192 e. The SMILES string of the molecule is COc1ccc(C(O[C@H]2C[C@H](O)C[C@@H](O[Si](C)(C)C(C)(C)C)C2)(c2ccccc2)c2ccc(OC)cc2)cc1. The van der Waals surface area contributed by atoms with Gasteiger partial charge in [0.2, 0.25) is 0 Å². The van der Waals surface area contributed by atoms with Crippen LogP contribution in [0.25, 0.3) is 0 Å². The van der Waals surface area contributed by atoms with Gasteiger partial charge in [0, 0.05) is 6.10 Å². The van der Waals surface area contributed by atoms with Gasteiger partial charge in [-0.2, -0.15) is 0 Å². The lowest BCUT2D eigenvalue weighted by Crippen LogP contribution is -2.48. The normalized spacial score (nSPS) is 20.5. The molecule has 5 nitrogen and oxygen atoms in total. The maximum Gasteiger partial charge on any atom is 0.192 e. The van der Waals surface area contributed by atoms with Gasteiger partial charge < -0.3 is 23.7 Å². The van der Waals surface area contributed by atoms with Crippen molar-refractivity contribution in [1.29, 1.82) is 0 Å². The zero-order valence-corrected chi connectivity index (χ0v) is 25.4. The van der Waals surface area contributed by atoms with Crippen LogP contribution in [0.4, 0.5) is 0 Å². The molecule has 1 N–H and O–H groups in total. The Kier molecular flexibility index (Phi) is 8.91. The lowest BCUT2D eigenvalue weighted by atomic mass is 9.79. The molecule has 3 atom stereocenters. The summed E-state index contributed by atoms with van der Waals surface area (Å²) in [4.78, 5) is 0. The van der Waals surface area contributed by atoms with Crippen molar-refractivity contribution >= 4 is 8.32 Å². The molecule has 0 heterocycles. The quantitative estimate of drug-likeness (QED) is 0.224. The van der Waals surface area contributed by atoms with Crippen LogP contribution in [-0.2, 0) is 14.8 Å². The summed E-state index contributed by atoms with van der Waals surface area (Å²) in [7, 11) is 1.33. The molecule has 0 unspecified atom stereocenters. The molecule has 3 aromatic rings. The van der Waals surface area contributed by atoms with Gasteiger partial charge in [0.1, 0.15) is 17.1 Å². The second kappa shape index (κ2) is 11.8. The molecule has 0 spiro atoms. The van der Waals surface area contributed by atoms with E-state index in [1.54, 1.807) is 14.2 Å². The summed E-state index contributed by atoms with van der Waals surface area (Å²) in [6, 6.07) is 26.5. The lowest BCUT2D eigenvalue weighted by Gasteiger charge is -2.45. The Hall–Kier alpha value is -2.64. The number of aliphatic hydroxyl groups is 1. The van der Waals surface area contributed by atoms with E-state index in [-0.39, 0.29) is 17.2 Å². The van der Waals surface area contributed by atoms with E-state index in [1.165, 1.54) is 0 Å². The van der Waals surface area contributed by atoms with Crippen LogP contribution in [-0.4, -0.2) is 46.0 Å². The third-order valence-electron chi connectivity index (χ3n) is 8.38. The molecule has 0 amide bonds. The van der Waals surface area contributed by atoms with Crippen LogP contribution in [0.1, 0.15) is 56.7 Å². The van der Waals surface area contributed by atoms with Crippen LogP contribution in [0.2, 0.25) is 18.1 Å². The molecule has 0 aromatic heterocycles. The van der Waals surface area contributed by atoms with Gasteiger partial charge in [0.25, 0.3) is 0 Å². The van der Waals surface area contributed by atoms with Gasteiger partial charge in [0.15, 0.2) is 8.32 Å². The second-order valence-electron chi connectivity index (χ2n) is 12.1. The van der Waals surface area contributed by atoms with Gasteiger partial charge in [-0.25, -0.2) is 0 Å². The van der Waals surface area contributed by atoms with Crippen molar-refractivity contribution in [2.24, 2.45) is 0 Å². The van der Waals surface area contributed by atoms with Gasteiger partial charge in [-0.05, 0) is 78.4 Å². The van der Waals surface area contributed by atoms with E-state index in [2.05, 4.69) is 70.3 Å². The molecule has 1 aliphatic rings. The zero-order valence-electron chi connectivity index (χ0n) is 24.4. The number of benzene rings is 3. The minimum atomic E-state index is -2.02. The summed E-state index contributed by atoms with van der Waals surface area (Å²) >= 11 is 0. The van der Waals surface area contributed by atoms with Crippen LogP contribution in [0.15, 0.2) is 78.9 Å². The van der Waals surface area contributed by atoms with Crippen molar-refractivity contribution in [2.75, 3.05) is 14.2 Å². The monoisotopic (exact) mass is 548 g/mol. The first-order valence-corrected chi connectivity index (χ1v) is 16.8. The molecule has 0 bridgehead atoms. The molecule has 3 aromatic carbocycles. The number of methoxy groups -OCH3 is 2. The standard InChI is InChI=1S/C33H44O5Si/c1-32(2,3)39(6,7)38-31-22-27(34)21-30(23-31)37-33(24-11-9-8-10-12-24,25-13-17-28(35-4)18-14-25)26-15-19-29(36-5)20-16-26/h8-20,27,30-31,34H,21-23H2,1-7H3/t27-,30-,31+/m0/s1. The van der Waals surface area contributed by atoms with Gasteiger partial charge in [-0.1, -0.05) is 75.4 Å². The number of rotatable bonds is 9. The molecule has 210 valence electrons. The second-order valence-corrected chi connectivity index (χ2v) is 16.9. The van der Waals surface area contributed by atoms with Gasteiger partial charge in [-0.3, -0.25) is 0 Å². The predicted octanol–water partition coefficient (Wildman–Crippen LogP) is 7.32. The fourth-order valence-corrected chi connectivity index (χ4v) is 6.63. The maximum absolute atomic E-state index is 11.0. The summed E-state index contributed by atoms with van der Waals surface area (Å²) < 4.78 is 25.0. The first-order chi connectivity index (χ1) is 18.5. The van der Waals surface area contributed by atoms with E-state index < -0.39 is 20.0 Å². The average Bonchev–Trinajstić information content (AvgIpc) is 2.91. The Morgan fingerprint density at radius 1 is 0.667 bits per heavy atom. The largest absolute Gasteiger partial charge is 0.497 e. The van der Waals surface area contributed by atoms with Gasteiger partial charge >= 0.3 is 0 Å². The Morgan fingerprint density at radius 3 is 1.59 bits per heavy atom. The maximum atomic E-state index is 11.0. The van der Waals surface area contributed by atoms with Crippen molar-refractivity contribution in [3.05, 3.63) is 95.6 Å². The third-order valence-corrected chi connectivity index (χ3v) is 12.9. The average molecular weight is 549 g/mol. The molecule has 1 fully saturated rings. The van der Waals surface area contributed by atoms with E-state index in [0.29, 0.717) is 12.8 Å². The van der Waals surface area contributed by atoms with Crippen LogP contribution in [0.3, 0.4) is 0 Å². The highest BCUT2D eigenvalue weighted by Crippen LogP contribution is 2.45. The minimum absolute atomic E-state index is 0.0557. The van der Waals surface area contributed by atoms with Crippen molar-refractivity contribution in [2.45, 2.75) is 82.1 Å². The fraction of sp³-hybridized carbons (Fsp3) is 0.455. The van der Waals surface area contributed by atoms with Crippen LogP contribution >= 0.6 is 0 Å². The Morgan fingerprint density at radius 2 is 1.13 bits per heavy atom. The zero-order chi connectivity index (χ0) is 28.3. The fourth-order valence-electron chi connectivity index (χ4n) is 5.25. The summed E-state index contributed by atoms with van der Waals surface area (Å²) in [6.45, 7) is 11.3. The van der Waals surface area contributed by atoms with Crippen molar-refractivity contribution < 1.29 is 23.7 Å². The van der Waals surface area contributed by atoms with E-state index in [0.717, 1.165) is 34.6 Å². The molecule has 4 rings (SSSR count). The lowest BCUT2D eigenvalue weighted by molar-refractivity contribution is -0.106. The summed E-state index contributed by atoms with van der Waals surface area (Å²) in [5.74, 6) is 1.57. The highest BCUT2D eigenvalue weighted by molar-refractivity contribution is 6.74. The molecule has 39 heavy (non-hydrogen) atoms. The summed E-state index contributed by atoms with van der Waals surface area (Å²) in [5, 5.41) is 11.1. The van der Waals surface area contributed by atoms with E-state index in [9.17, 15) is 5.11 Å². The molecule has 0 aliphatic heterocycles. The molecule has 6 heteroatoms.